The number of nitrogens with zero attached hydrogens (tertiary/aromatic N) is 1. The molecule has 2 nitrogen and oxygen atoms in total. The van der Waals surface area contributed by atoms with Crippen molar-refractivity contribution in [3.05, 3.63) is 26.6 Å². The summed E-state index contributed by atoms with van der Waals surface area (Å²) >= 11 is 1.52. The van der Waals surface area contributed by atoms with Crippen molar-refractivity contribution in [2.24, 2.45) is 5.73 Å². The number of pyridine rings is 1. The summed E-state index contributed by atoms with van der Waals surface area (Å²) in [6.45, 7) is -0.388. The Labute approximate surface area is 101 Å². The molecule has 8 heteroatoms. The molecule has 0 aromatic carbocycles. The van der Waals surface area contributed by atoms with E-state index in [0.717, 1.165) is 6.07 Å². The van der Waals surface area contributed by atoms with Gasteiger partial charge in [-0.2, -0.15) is 13.2 Å². The van der Waals surface area contributed by atoms with Crippen LogP contribution in [0, 0.1) is 3.70 Å². The van der Waals surface area contributed by atoms with Gasteiger partial charge in [-0.05, 0) is 34.2 Å². The number of nitrogens with two attached hydrogens (primary N) is 1. The summed E-state index contributed by atoms with van der Waals surface area (Å²) in [5, 5.41) is 0. The molecule has 1 aromatic heterocycles. The molecule has 1 heterocycles. The molecule has 0 aliphatic rings. The maximum Gasteiger partial charge on any atom is 0.433 e. The third-order valence-corrected chi connectivity index (χ3v) is 2.37. The predicted molar refractivity (Wildman–Crippen MR) is 54.8 cm³/mol. The molecule has 16 heavy (non-hydrogen) atoms. The van der Waals surface area contributed by atoms with E-state index in [2.05, 4.69) is 4.98 Å². The Bertz CT molecular complexity index is 391. The van der Waals surface area contributed by atoms with Crippen LogP contribution in [0.1, 0.15) is 23.2 Å². The highest BCUT2D eigenvalue weighted by Crippen LogP contribution is 2.37. The first-order valence-corrected chi connectivity index (χ1v) is 5.10. The molecular formula is C8H6F5IN2. The highest BCUT2D eigenvalue weighted by molar-refractivity contribution is 14.1. The molecule has 0 amide bonds. The van der Waals surface area contributed by atoms with Gasteiger partial charge in [0.25, 0.3) is 6.43 Å². The second kappa shape index (κ2) is 4.78. The van der Waals surface area contributed by atoms with E-state index in [1.165, 1.54) is 22.6 Å². The Kier molecular flexibility index (Phi) is 4.05. The Morgan fingerprint density at radius 1 is 1.38 bits per heavy atom. The van der Waals surface area contributed by atoms with Crippen molar-refractivity contribution in [1.29, 1.82) is 0 Å². The van der Waals surface area contributed by atoms with E-state index in [1.807, 2.05) is 0 Å². The van der Waals surface area contributed by atoms with Crippen LogP contribution >= 0.6 is 22.6 Å². The summed E-state index contributed by atoms with van der Waals surface area (Å²) in [4.78, 5) is 3.10. The summed E-state index contributed by atoms with van der Waals surface area (Å²) in [6, 6.07) is 1.12. The van der Waals surface area contributed by atoms with Gasteiger partial charge < -0.3 is 5.73 Å². The molecular weight excluding hydrogens is 346 g/mol. The summed E-state index contributed by atoms with van der Waals surface area (Å²) < 4.78 is 62.5. The minimum absolute atomic E-state index is 0.0187. The fraction of sp³-hybridized carbons (Fsp3) is 0.375. The Hall–Kier alpha value is -0.510. The number of hydrogen-bond acceptors (Lipinski definition) is 2. The van der Waals surface area contributed by atoms with Crippen molar-refractivity contribution in [1.82, 2.24) is 4.98 Å². The molecule has 0 saturated heterocycles. The molecule has 1 aromatic rings. The largest absolute Gasteiger partial charge is 0.433 e. The van der Waals surface area contributed by atoms with E-state index in [4.69, 9.17) is 5.73 Å². The van der Waals surface area contributed by atoms with E-state index >= 15 is 0 Å². The van der Waals surface area contributed by atoms with Gasteiger partial charge in [0.2, 0.25) is 0 Å². The number of halogens is 6. The van der Waals surface area contributed by atoms with Gasteiger partial charge in [0.15, 0.2) is 5.69 Å². The highest BCUT2D eigenvalue weighted by atomic mass is 127. The molecule has 0 saturated carbocycles. The lowest BCUT2D eigenvalue weighted by Crippen LogP contribution is -2.17. The lowest BCUT2D eigenvalue weighted by atomic mass is 10.1. The van der Waals surface area contributed by atoms with Crippen LogP contribution in [0.4, 0.5) is 22.0 Å². The topological polar surface area (TPSA) is 38.9 Å². The fourth-order valence-electron chi connectivity index (χ4n) is 1.20. The normalized spacial score (nSPS) is 12.2. The third kappa shape index (κ3) is 2.78. The predicted octanol–water partition coefficient (Wildman–Crippen LogP) is 3.10. The number of aromatic nitrogens is 1. The van der Waals surface area contributed by atoms with Crippen molar-refractivity contribution in [2.75, 3.05) is 0 Å². The maximum atomic E-state index is 12.5. The van der Waals surface area contributed by atoms with Gasteiger partial charge in [0.05, 0.1) is 5.56 Å². The molecule has 1 rings (SSSR count). The van der Waals surface area contributed by atoms with Crippen molar-refractivity contribution in [2.45, 2.75) is 19.1 Å². The van der Waals surface area contributed by atoms with Crippen LogP contribution in [0.5, 0.6) is 0 Å². The minimum Gasteiger partial charge on any atom is -0.326 e. The van der Waals surface area contributed by atoms with Gasteiger partial charge >= 0.3 is 6.18 Å². The van der Waals surface area contributed by atoms with Gasteiger partial charge in [-0.3, -0.25) is 0 Å². The molecule has 0 radical (unpaired) electrons. The Morgan fingerprint density at radius 3 is 2.31 bits per heavy atom. The molecule has 0 bridgehead atoms. The first-order valence-electron chi connectivity index (χ1n) is 4.02. The number of alkyl halides is 5. The molecule has 0 fully saturated rings. The summed E-state index contributed by atoms with van der Waals surface area (Å²) in [5.41, 5.74) is 2.21. The minimum atomic E-state index is -4.91. The lowest BCUT2D eigenvalue weighted by Gasteiger charge is -2.15. The van der Waals surface area contributed by atoms with Gasteiger partial charge in [0, 0.05) is 6.54 Å². The zero-order valence-electron chi connectivity index (χ0n) is 7.65. The van der Waals surface area contributed by atoms with Gasteiger partial charge in [-0.1, -0.05) is 0 Å². The monoisotopic (exact) mass is 352 g/mol. The molecule has 90 valence electrons. The second-order valence-electron chi connectivity index (χ2n) is 2.87. The van der Waals surface area contributed by atoms with Crippen LogP contribution in [0.25, 0.3) is 0 Å². The molecule has 0 aliphatic carbocycles. The Morgan fingerprint density at radius 2 is 1.94 bits per heavy atom. The fourth-order valence-corrected chi connectivity index (χ4v) is 1.82. The lowest BCUT2D eigenvalue weighted by molar-refractivity contribution is -0.143. The highest BCUT2D eigenvalue weighted by Gasteiger charge is 2.39. The van der Waals surface area contributed by atoms with Crippen LogP contribution in [0.2, 0.25) is 0 Å². The van der Waals surface area contributed by atoms with Gasteiger partial charge in [-0.25, -0.2) is 13.8 Å². The zero-order valence-corrected chi connectivity index (χ0v) is 9.81. The Balaban J connectivity index is 3.51. The molecule has 2 N–H and O–H groups in total. The van der Waals surface area contributed by atoms with Crippen LogP contribution in [-0.4, -0.2) is 4.98 Å². The van der Waals surface area contributed by atoms with E-state index in [0.29, 0.717) is 0 Å². The zero-order chi connectivity index (χ0) is 12.5. The van der Waals surface area contributed by atoms with E-state index in [-0.39, 0.29) is 15.8 Å². The smallest absolute Gasteiger partial charge is 0.326 e. The van der Waals surface area contributed by atoms with Gasteiger partial charge in [0.1, 0.15) is 3.70 Å². The summed E-state index contributed by atoms with van der Waals surface area (Å²) in [6.07, 6.45) is -8.16. The van der Waals surface area contributed by atoms with Crippen molar-refractivity contribution >= 4 is 22.6 Å². The van der Waals surface area contributed by atoms with Gasteiger partial charge in [-0.15, -0.1) is 0 Å². The van der Waals surface area contributed by atoms with Crippen LogP contribution < -0.4 is 5.73 Å². The van der Waals surface area contributed by atoms with Crippen molar-refractivity contribution in [3.63, 3.8) is 0 Å². The van der Waals surface area contributed by atoms with Crippen LogP contribution in [-0.2, 0) is 12.7 Å². The average Bonchev–Trinajstić information content (AvgIpc) is 2.14. The van der Waals surface area contributed by atoms with E-state index < -0.39 is 23.9 Å². The van der Waals surface area contributed by atoms with Crippen LogP contribution in [0.3, 0.4) is 0 Å². The summed E-state index contributed by atoms with van der Waals surface area (Å²) in [5.74, 6) is 0. The van der Waals surface area contributed by atoms with Crippen molar-refractivity contribution in [3.8, 4) is 0 Å². The number of hydrogen-bond donors (Lipinski definition) is 1. The number of rotatable bonds is 2. The first-order chi connectivity index (χ1) is 7.27. The first kappa shape index (κ1) is 13.6. The van der Waals surface area contributed by atoms with E-state index in [9.17, 15) is 22.0 Å². The molecule has 0 unspecified atom stereocenters. The summed E-state index contributed by atoms with van der Waals surface area (Å²) in [7, 11) is 0. The third-order valence-electron chi connectivity index (χ3n) is 1.82. The molecule has 0 atom stereocenters. The van der Waals surface area contributed by atoms with E-state index in [1.54, 1.807) is 0 Å². The molecule has 0 aliphatic heterocycles. The second-order valence-corrected chi connectivity index (χ2v) is 3.97. The van der Waals surface area contributed by atoms with Crippen molar-refractivity contribution < 1.29 is 22.0 Å². The standard InChI is InChI=1S/C8H6F5IN2/c9-7(10)5-3(2-15)1-4(14)16-6(5)8(11,12)13/h1,7H,2,15H2. The van der Waals surface area contributed by atoms with Crippen LogP contribution in [0.15, 0.2) is 6.07 Å². The quantitative estimate of drug-likeness (QED) is 0.505. The SMILES string of the molecule is NCc1cc(I)nc(C(F)(F)F)c1C(F)F. The maximum absolute atomic E-state index is 12.5. The average molecular weight is 352 g/mol. The molecule has 0 spiro atoms.